The van der Waals surface area contributed by atoms with Crippen molar-refractivity contribution in [1.29, 1.82) is 0 Å². The van der Waals surface area contributed by atoms with E-state index in [2.05, 4.69) is 5.10 Å². The van der Waals surface area contributed by atoms with Crippen molar-refractivity contribution >= 4 is 5.91 Å². The zero-order valence-electron chi connectivity index (χ0n) is 18.0. The van der Waals surface area contributed by atoms with Crippen molar-refractivity contribution in [2.24, 2.45) is 5.92 Å². The number of piperidine rings is 1. The van der Waals surface area contributed by atoms with E-state index in [1.807, 2.05) is 6.07 Å². The fraction of sp³-hybridized carbons (Fsp3) is 0.522. The van der Waals surface area contributed by atoms with Crippen LogP contribution < -0.4 is 15.0 Å². The molecule has 8 heteroatoms. The van der Waals surface area contributed by atoms with Crippen molar-refractivity contribution in [1.82, 2.24) is 14.7 Å². The second kappa shape index (κ2) is 8.70. The van der Waals surface area contributed by atoms with Crippen molar-refractivity contribution in [3.05, 3.63) is 40.7 Å². The highest BCUT2D eigenvalue weighted by Crippen LogP contribution is 2.39. The highest BCUT2D eigenvalue weighted by atomic mass is 16.5. The fourth-order valence-corrected chi connectivity index (χ4v) is 4.74. The van der Waals surface area contributed by atoms with Gasteiger partial charge < -0.3 is 19.5 Å². The van der Waals surface area contributed by atoms with E-state index < -0.39 is 5.60 Å². The van der Waals surface area contributed by atoms with Crippen LogP contribution in [0.4, 0.5) is 0 Å². The van der Waals surface area contributed by atoms with Crippen molar-refractivity contribution in [2.45, 2.75) is 44.2 Å². The number of nitrogens with zero attached hydrogens (tertiary/aromatic N) is 3. The normalized spacial score (nSPS) is 23.2. The summed E-state index contributed by atoms with van der Waals surface area (Å²) in [7, 11) is 3.12. The van der Waals surface area contributed by atoms with Crippen LogP contribution in [0.1, 0.15) is 32.1 Å². The van der Waals surface area contributed by atoms with Gasteiger partial charge in [0, 0.05) is 30.6 Å². The molecule has 1 aliphatic heterocycles. The summed E-state index contributed by atoms with van der Waals surface area (Å²) in [6.07, 6.45) is 4.48. The predicted octanol–water partition coefficient (Wildman–Crippen LogP) is 2.08. The Morgan fingerprint density at radius 3 is 2.74 bits per heavy atom. The molecule has 1 aromatic heterocycles. The molecule has 0 unspecified atom stereocenters. The molecule has 1 saturated heterocycles. The van der Waals surface area contributed by atoms with Crippen LogP contribution in [-0.2, 0) is 11.3 Å². The van der Waals surface area contributed by atoms with Crippen molar-refractivity contribution in [3.63, 3.8) is 0 Å². The summed E-state index contributed by atoms with van der Waals surface area (Å²) in [5.74, 6) is 1.12. The summed E-state index contributed by atoms with van der Waals surface area (Å²) < 4.78 is 11.8. The third-order valence-electron chi connectivity index (χ3n) is 6.61. The first-order valence-corrected chi connectivity index (χ1v) is 10.7. The third-order valence-corrected chi connectivity index (χ3v) is 6.61. The minimum atomic E-state index is -0.641. The van der Waals surface area contributed by atoms with Gasteiger partial charge in [-0.1, -0.05) is 12.8 Å². The van der Waals surface area contributed by atoms with Gasteiger partial charge in [-0.2, -0.15) is 5.10 Å². The zero-order chi connectivity index (χ0) is 22.0. The molecule has 0 spiro atoms. The van der Waals surface area contributed by atoms with Gasteiger partial charge in [0.25, 0.3) is 5.56 Å². The average molecular weight is 428 g/mol. The molecule has 1 aliphatic carbocycles. The first-order valence-electron chi connectivity index (χ1n) is 10.7. The number of amides is 1. The number of methoxy groups -OCH3 is 2. The number of aliphatic hydroxyl groups is 1. The van der Waals surface area contributed by atoms with Crippen LogP contribution in [0.5, 0.6) is 11.5 Å². The molecule has 0 bridgehead atoms. The van der Waals surface area contributed by atoms with Crippen LogP contribution in [0, 0.1) is 5.92 Å². The summed E-state index contributed by atoms with van der Waals surface area (Å²) >= 11 is 0. The molecule has 31 heavy (non-hydrogen) atoms. The van der Waals surface area contributed by atoms with E-state index in [0.717, 1.165) is 31.2 Å². The van der Waals surface area contributed by atoms with Crippen LogP contribution in [0.3, 0.4) is 0 Å². The fourth-order valence-electron chi connectivity index (χ4n) is 4.74. The van der Waals surface area contributed by atoms with Crippen LogP contribution in [0.2, 0.25) is 0 Å². The van der Waals surface area contributed by atoms with Crippen LogP contribution in [-0.4, -0.2) is 58.6 Å². The number of ether oxygens (including phenoxy) is 2. The average Bonchev–Trinajstić information content (AvgIpc) is 2.79. The molecule has 2 heterocycles. The maximum Gasteiger partial charge on any atom is 0.267 e. The number of carbonyl (C=O) groups is 1. The molecule has 8 nitrogen and oxygen atoms in total. The Hall–Kier alpha value is -2.87. The number of rotatable bonds is 5. The molecule has 2 aromatic rings. The van der Waals surface area contributed by atoms with E-state index in [9.17, 15) is 14.7 Å². The Balaban J connectivity index is 1.52. The Morgan fingerprint density at radius 2 is 1.97 bits per heavy atom. The minimum Gasteiger partial charge on any atom is -0.493 e. The topological polar surface area (TPSA) is 93.9 Å². The Morgan fingerprint density at radius 1 is 1.16 bits per heavy atom. The molecule has 0 radical (unpaired) electrons. The molecule has 2 fully saturated rings. The molecule has 4 rings (SSSR count). The van der Waals surface area contributed by atoms with Crippen molar-refractivity contribution in [2.75, 3.05) is 27.3 Å². The van der Waals surface area contributed by atoms with Crippen LogP contribution in [0.25, 0.3) is 11.3 Å². The van der Waals surface area contributed by atoms with Gasteiger partial charge in [0.05, 0.1) is 25.5 Å². The third kappa shape index (κ3) is 4.30. The molecule has 1 aromatic carbocycles. The molecule has 1 saturated carbocycles. The van der Waals surface area contributed by atoms with Gasteiger partial charge in [-0.15, -0.1) is 0 Å². The Kier molecular flexibility index (Phi) is 6.00. The van der Waals surface area contributed by atoms with Crippen molar-refractivity contribution in [3.8, 4) is 22.8 Å². The number of aromatic nitrogens is 2. The number of fused-ring (bicyclic) bond motifs is 1. The summed E-state index contributed by atoms with van der Waals surface area (Å²) in [5.41, 5.74) is 0.346. The standard InChI is InChI=1S/C23H29N3O5/c1-30-19-8-6-16(13-20(19)31-2)18-7-9-21(27)26(24-18)15-22(28)25-12-11-23(29)10-4-3-5-17(23)14-25/h6-9,13,17,29H,3-5,10-12,14-15H2,1-2H3/t17-,23+/m0/s1. The molecule has 166 valence electrons. The lowest BCUT2D eigenvalue weighted by atomic mass is 9.71. The molecular formula is C23H29N3O5. The highest BCUT2D eigenvalue weighted by molar-refractivity contribution is 5.76. The van der Waals surface area contributed by atoms with Crippen LogP contribution >= 0.6 is 0 Å². The van der Waals surface area contributed by atoms with Crippen LogP contribution in [0.15, 0.2) is 35.1 Å². The van der Waals surface area contributed by atoms with Crippen molar-refractivity contribution < 1.29 is 19.4 Å². The largest absolute Gasteiger partial charge is 0.493 e. The number of hydrogen-bond donors (Lipinski definition) is 1. The molecule has 1 N–H and O–H groups in total. The molecule has 2 aliphatic rings. The lowest BCUT2D eigenvalue weighted by molar-refractivity contribution is -0.144. The smallest absolute Gasteiger partial charge is 0.267 e. The number of likely N-dealkylation sites (tertiary alicyclic amines) is 1. The summed E-state index contributed by atoms with van der Waals surface area (Å²) in [6.45, 7) is 0.931. The summed E-state index contributed by atoms with van der Waals surface area (Å²) in [6, 6.07) is 8.44. The number of benzene rings is 1. The first kappa shape index (κ1) is 21.4. The number of hydrogen-bond acceptors (Lipinski definition) is 6. The van der Waals surface area contributed by atoms with E-state index in [4.69, 9.17) is 9.47 Å². The van der Waals surface area contributed by atoms with E-state index in [-0.39, 0.29) is 23.9 Å². The van der Waals surface area contributed by atoms with Gasteiger partial charge in [-0.05, 0) is 43.5 Å². The molecule has 1 amide bonds. The first-order chi connectivity index (χ1) is 14.9. The van der Waals surface area contributed by atoms with Gasteiger partial charge >= 0.3 is 0 Å². The zero-order valence-corrected chi connectivity index (χ0v) is 18.0. The van der Waals surface area contributed by atoms with E-state index in [1.54, 1.807) is 37.3 Å². The second-order valence-corrected chi connectivity index (χ2v) is 8.42. The SMILES string of the molecule is COc1ccc(-c2ccc(=O)n(CC(=O)N3CC[C@]4(O)CCCC[C@H]4C3)n2)cc1OC. The van der Waals surface area contributed by atoms with Gasteiger partial charge in [-0.25, -0.2) is 4.68 Å². The Bertz CT molecular complexity index is 1020. The van der Waals surface area contributed by atoms with E-state index >= 15 is 0 Å². The molecule has 2 atom stereocenters. The maximum absolute atomic E-state index is 12.9. The molecular weight excluding hydrogens is 398 g/mol. The second-order valence-electron chi connectivity index (χ2n) is 8.42. The van der Waals surface area contributed by atoms with E-state index in [0.29, 0.717) is 36.7 Å². The highest BCUT2D eigenvalue weighted by Gasteiger charge is 2.43. The van der Waals surface area contributed by atoms with Gasteiger partial charge in [-0.3, -0.25) is 9.59 Å². The summed E-state index contributed by atoms with van der Waals surface area (Å²) in [5, 5.41) is 15.3. The van der Waals surface area contributed by atoms with E-state index in [1.165, 1.54) is 10.7 Å². The number of carbonyl (C=O) groups excluding carboxylic acids is 1. The minimum absolute atomic E-state index is 0.113. The lowest BCUT2D eigenvalue weighted by Crippen LogP contribution is -2.55. The Labute approximate surface area is 181 Å². The maximum atomic E-state index is 12.9. The quantitative estimate of drug-likeness (QED) is 0.785. The van der Waals surface area contributed by atoms with Gasteiger partial charge in [0.15, 0.2) is 11.5 Å². The lowest BCUT2D eigenvalue weighted by Gasteiger charge is -2.47. The monoisotopic (exact) mass is 427 g/mol. The van der Waals surface area contributed by atoms with Gasteiger partial charge in [0.2, 0.25) is 5.91 Å². The van der Waals surface area contributed by atoms with Gasteiger partial charge in [0.1, 0.15) is 6.54 Å². The predicted molar refractivity (Wildman–Crippen MR) is 115 cm³/mol. The summed E-state index contributed by atoms with van der Waals surface area (Å²) in [4.78, 5) is 27.1.